The molecule has 1 N–H and O–H groups in total. The summed E-state index contributed by atoms with van der Waals surface area (Å²) in [7, 11) is 0. The Kier molecular flexibility index (Phi) is 6.18. The lowest BCUT2D eigenvalue weighted by atomic mass is 10.2. The molecular formula is C13H19NO4. The van der Waals surface area contributed by atoms with Gasteiger partial charge in [0, 0.05) is 6.54 Å². The van der Waals surface area contributed by atoms with Crippen molar-refractivity contribution in [2.45, 2.75) is 26.5 Å². The van der Waals surface area contributed by atoms with Gasteiger partial charge in [-0.15, -0.1) is 0 Å². The van der Waals surface area contributed by atoms with Gasteiger partial charge in [0.2, 0.25) is 0 Å². The van der Waals surface area contributed by atoms with E-state index in [1.807, 2.05) is 30.3 Å². The molecule has 0 saturated carbocycles. The average Bonchev–Trinajstić information content (AvgIpc) is 2.36. The topological polar surface area (TPSA) is 59.0 Å². The van der Waals surface area contributed by atoms with Crippen molar-refractivity contribution in [1.82, 2.24) is 4.90 Å². The van der Waals surface area contributed by atoms with Crippen molar-refractivity contribution in [3.8, 4) is 0 Å². The highest BCUT2D eigenvalue weighted by Crippen LogP contribution is 2.07. The fraction of sp³-hybridized carbons (Fsp3) is 0.462. The maximum Gasteiger partial charge on any atom is 0.441 e. The minimum atomic E-state index is -0.622. The Hall–Kier alpha value is -1.59. The summed E-state index contributed by atoms with van der Waals surface area (Å²) in [6.07, 6.45) is -1.22. The number of benzene rings is 1. The molecule has 0 bridgehead atoms. The molecule has 0 aliphatic carbocycles. The lowest BCUT2D eigenvalue weighted by molar-refractivity contribution is -0.242. The van der Waals surface area contributed by atoms with Crippen molar-refractivity contribution in [2.75, 3.05) is 13.2 Å². The summed E-state index contributed by atoms with van der Waals surface area (Å²) < 4.78 is 0. The fourth-order valence-corrected chi connectivity index (χ4v) is 1.49. The standard InChI is InChI=1S/C13H19NO4/c1-3-17-18-13(16)14(9-11(2)15)10-12-7-5-4-6-8-12/h4-8,11,15H,3,9-10H2,1-2H3. The number of carbonyl (C=O) groups excluding carboxylic acids is 1. The van der Waals surface area contributed by atoms with Crippen LogP contribution in [0, 0.1) is 0 Å². The zero-order valence-corrected chi connectivity index (χ0v) is 10.7. The van der Waals surface area contributed by atoms with Gasteiger partial charge in [0.15, 0.2) is 0 Å². The molecule has 0 aliphatic heterocycles. The van der Waals surface area contributed by atoms with Crippen molar-refractivity contribution in [3.63, 3.8) is 0 Å². The van der Waals surface area contributed by atoms with Gasteiger partial charge in [-0.05, 0) is 19.4 Å². The Morgan fingerprint density at radius 2 is 2.06 bits per heavy atom. The highest BCUT2D eigenvalue weighted by molar-refractivity contribution is 5.67. The number of hydrogen-bond acceptors (Lipinski definition) is 4. The third kappa shape index (κ3) is 5.16. The van der Waals surface area contributed by atoms with Gasteiger partial charge < -0.3 is 5.11 Å². The Labute approximate surface area is 107 Å². The average molecular weight is 253 g/mol. The predicted molar refractivity (Wildman–Crippen MR) is 66.6 cm³/mol. The molecule has 0 aliphatic rings. The van der Waals surface area contributed by atoms with Gasteiger partial charge in [-0.3, -0.25) is 9.79 Å². The Bertz CT molecular complexity index is 353. The summed E-state index contributed by atoms with van der Waals surface area (Å²) in [5, 5.41) is 9.38. The first kappa shape index (κ1) is 14.5. The summed E-state index contributed by atoms with van der Waals surface area (Å²) in [5.74, 6) is 0. The maximum atomic E-state index is 11.7. The molecular weight excluding hydrogens is 234 g/mol. The molecule has 0 aromatic heterocycles. The van der Waals surface area contributed by atoms with Crippen LogP contribution in [0.4, 0.5) is 4.79 Å². The maximum absolute atomic E-state index is 11.7. The molecule has 0 spiro atoms. The minimum absolute atomic E-state index is 0.195. The Morgan fingerprint density at radius 1 is 1.39 bits per heavy atom. The molecule has 1 atom stereocenters. The van der Waals surface area contributed by atoms with E-state index >= 15 is 0 Å². The van der Waals surface area contributed by atoms with E-state index in [1.165, 1.54) is 4.90 Å². The summed E-state index contributed by atoms with van der Waals surface area (Å²) in [6, 6.07) is 9.50. The molecule has 1 aromatic rings. The first-order valence-electron chi connectivity index (χ1n) is 5.93. The van der Waals surface area contributed by atoms with E-state index in [1.54, 1.807) is 13.8 Å². The minimum Gasteiger partial charge on any atom is -0.392 e. The molecule has 1 rings (SSSR count). The molecule has 1 unspecified atom stereocenters. The number of aliphatic hydroxyl groups is 1. The largest absolute Gasteiger partial charge is 0.441 e. The second-order valence-corrected chi connectivity index (χ2v) is 3.97. The molecule has 18 heavy (non-hydrogen) atoms. The van der Waals surface area contributed by atoms with Crippen LogP contribution in [0.5, 0.6) is 0 Å². The van der Waals surface area contributed by atoms with Crippen LogP contribution in [0.25, 0.3) is 0 Å². The van der Waals surface area contributed by atoms with Crippen LogP contribution >= 0.6 is 0 Å². The first-order valence-corrected chi connectivity index (χ1v) is 5.93. The van der Waals surface area contributed by atoms with Crippen molar-refractivity contribution in [1.29, 1.82) is 0 Å². The van der Waals surface area contributed by atoms with E-state index in [0.29, 0.717) is 13.2 Å². The van der Waals surface area contributed by atoms with E-state index in [9.17, 15) is 9.90 Å². The van der Waals surface area contributed by atoms with Crippen LogP contribution in [0.3, 0.4) is 0 Å². The molecule has 0 heterocycles. The van der Waals surface area contributed by atoms with Crippen LogP contribution < -0.4 is 0 Å². The number of carbonyl (C=O) groups is 1. The fourth-order valence-electron chi connectivity index (χ4n) is 1.49. The van der Waals surface area contributed by atoms with Gasteiger partial charge >= 0.3 is 6.09 Å². The Morgan fingerprint density at radius 3 is 2.61 bits per heavy atom. The van der Waals surface area contributed by atoms with E-state index in [4.69, 9.17) is 0 Å². The van der Waals surface area contributed by atoms with E-state index < -0.39 is 12.2 Å². The SMILES string of the molecule is CCOOC(=O)N(Cc1ccccc1)CC(C)O. The third-order valence-electron chi connectivity index (χ3n) is 2.21. The normalized spacial score (nSPS) is 11.9. The summed E-state index contributed by atoms with van der Waals surface area (Å²) in [6.45, 7) is 4.20. The van der Waals surface area contributed by atoms with Crippen molar-refractivity contribution in [2.24, 2.45) is 0 Å². The Balaban J connectivity index is 2.63. The van der Waals surface area contributed by atoms with E-state index in [0.717, 1.165) is 5.56 Å². The zero-order chi connectivity index (χ0) is 13.4. The van der Waals surface area contributed by atoms with Crippen LogP contribution in [-0.4, -0.2) is 35.4 Å². The highest BCUT2D eigenvalue weighted by atomic mass is 17.2. The lowest BCUT2D eigenvalue weighted by Gasteiger charge is -2.22. The van der Waals surface area contributed by atoms with Crippen molar-refractivity contribution < 1.29 is 19.7 Å². The van der Waals surface area contributed by atoms with E-state index in [2.05, 4.69) is 9.78 Å². The number of hydrogen-bond donors (Lipinski definition) is 1. The number of rotatable bonds is 6. The molecule has 0 fully saturated rings. The van der Waals surface area contributed by atoms with Gasteiger partial charge in [0.25, 0.3) is 0 Å². The third-order valence-corrected chi connectivity index (χ3v) is 2.21. The van der Waals surface area contributed by atoms with Crippen LogP contribution in [-0.2, 0) is 16.3 Å². The van der Waals surface area contributed by atoms with Crippen LogP contribution in [0.15, 0.2) is 30.3 Å². The van der Waals surface area contributed by atoms with Gasteiger partial charge in [-0.25, -0.2) is 4.79 Å². The molecule has 1 amide bonds. The number of aliphatic hydroxyl groups excluding tert-OH is 1. The molecule has 5 heteroatoms. The van der Waals surface area contributed by atoms with Crippen LogP contribution in [0.1, 0.15) is 19.4 Å². The van der Waals surface area contributed by atoms with E-state index in [-0.39, 0.29) is 6.54 Å². The second kappa shape index (κ2) is 7.68. The smallest absolute Gasteiger partial charge is 0.392 e. The summed E-state index contributed by atoms with van der Waals surface area (Å²) in [4.78, 5) is 22.3. The second-order valence-electron chi connectivity index (χ2n) is 3.97. The molecule has 100 valence electrons. The predicted octanol–water partition coefficient (Wildman–Crippen LogP) is 1.96. The van der Waals surface area contributed by atoms with Gasteiger partial charge in [-0.1, -0.05) is 30.3 Å². The van der Waals surface area contributed by atoms with Crippen LogP contribution in [0.2, 0.25) is 0 Å². The zero-order valence-electron chi connectivity index (χ0n) is 10.7. The van der Waals surface area contributed by atoms with Gasteiger partial charge in [0.1, 0.15) is 0 Å². The molecule has 1 aromatic carbocycles. The first-order chi connectivity index (χ1) is 8.63. The molecule has 0 saturated heterocycles. The van der Waals surface area contributed by atoms with Crippen molar-refractivity contribution >= 4 is 6.09 Å². The number of amides is 1. The summed E-state index contributed by atoms with van der Waals surface area (Å²) in [5.41, 5.74) is 0.964. The quantitative estimate of drug-likeness (QED) is 0.622. The molecule has 0 radical (unpaired) electrons. The lowest BCUT2D eigenvalue weighted by Crippen LogP contribution is -2.36. The van der Waals surface area contributed by atoms with Crippen molar-refractivity contribution in [3.05, 3.63) is 35.9 Å². The summed E-state index contributed by atoms with van der Waals surface area (Å²) >= 11 is 0. The monoisotopic (exact) mass is 253 g/mol. The molecule has 5 nitrogen and oxygen atoms in total. The van der Waals surface area contributed by atoms with Gasteiger partial charge in [0.05, 0.1) is 19.3 Å². The number of nitrogens with zero attached hydrogens (tertiary/aromatic N) is 1. The van der Waals surface area contributed by atoms with Gasteiger partial charge in [-0.2, -0.15) is 4.89 Å². The highest BCUT2D eigenvalue weighted by Gasteiger charge is 2.18.